The number of fused-ring (bicyclic) bond motifs is 1. The number of amides is 1. The zero-order valence-electron chi connectivity index (χ0n) is 11.8. The quantitative estimate of drug-likeness (QED) is 0.684. The van der Waals surface area contributed by atoms with Crippen LogP contribution < -0.4 is 0 Å². The van der Waals surface area contributed by atoms with Crippen LogP contribution in [0.3, 0.4) is 0 Å². The molecule has 1 amide bonds. The highest BCUT2D eigenvalue weighted by Crippen LogP contribution is 2.43. The Balaban J connectivity index is 2.02. The molecule has 0 saturated heterocycles. The molecule has 1 aliphatic heterocycles. The number of carbonyl (C=O) groups is 2. The summed E-state index contributed by atoms with van der Waals surface area (Å²) in [6, 6.07) is 2.30. The molecule has 0 aromatic heterocycles. The van der Waals surface area contributed by atoms with E-state index >= 15 is 0 Å². The Bertz CT molecular complexity index is 588. The van der Waals surface area contributed by atoms with Gasteiger partial charge in [0.25, 0.3) is 0 Å². The molecular weight excluding hydrogens is 252 g/mol. The minimum atomic E-state index is -0.744. The van der Waals surface area contributed by atoms with E-state index in [4.69, 9.17) is 5.26 Å². The Morgan fingerprint density at radius 3 is 2.60 bits per heavy atom. The molecule has 3 rings (SSSR count). The van der Waals surface area contributed by atoms with E-state index in [1.807, 2.05) is 30.9 Å². The third kappa shape index (κ3) is 1.66. The molecule has 0 radical (unpaired) electrons. The number of hydrogen-bond acceptors (Lipinski definition) is 3. The third-order valence-corrected chi connectivity index (χ3v) is 4.90. The van der Waals surface area contributed by atoms with Gasteiger partial charge in [-0.1, -0.05) is 6.08 Å². The third-order valence-electron chi connectivity index (χ3n) is 4.90. The number of nitriles is 1. The first-order valence-corrected chi connectivity index (χ1v) is 7.14. The molecular formula is C16H18N2O2. The van der Waals surface area contributed by atoms with E-state index < -0.39 is 11.3 Å². The smallest absolute Gasteiger partial charge is 0.234 e. The van der Waals surface area contributed by atoms with Crippen molar-refractivity contribution in [1.82, 2.24) is 4.90 Å². The normalized spacial score (nSPS) is 29.1. The summed E-state index contributed by atoms with van der Waals surface area (Å²) in [6.07, 6.45) is 6.90. The van der Waals surface area contributed by atoms with Gasteiger partial charge in [-0.3, -0.25) is 9.59 Å². The average molecular weight is 270 g/mol. The first kappa shape index (κ1) is 13.1. The predicted octanol–water partition coefficient (Wildman–Crippen LogP) is 1.98. The van der Waals surface area contributed by atoms with Crippen molar-refractivity contribution in [3.63, 3.8) is 0 Å². The van der Waals surface area contributed by atoms with Crippen LogP contribution in [0.5, 0.6) is 0 Å². The number of ketones is 1. The van der Waals surface area contributed by atoms with Gasteiger partial charge in [0, 0.05) is 12.6 Å². The fourth-order valence-corrected chi connectivity index (χ4v) is 3.36. The van der Waals surface area contributed by atoms with Crippen LogP contribution in [-0.4, -0.2) is 29.2 Å². The number of carbonyl (C=O) groups excluding carboxylic acids is 2. The van der Waals surface area contributed by atoms with Crippen molar-refractivity contribution in [3.8, 4) is 6.07 Å². The summed E-state index contributed by atoms with van der Waals surface area (Å²) in [5.41, 5.74) is 0.245. The molecule has 1 heterocycles. The highest BCUT2D eigenvalue weighted by molar-refractivity contribution is 6.08. The van der Waals surface area contributed by atoms with Crippen LogP contribution in [0.4, 0.5) is 0 Å². The highest BCUT2D eigenvalue weighted by Gasteiger charge is 2.47. The van der Waals surface area contributed by atoms with Crippen molar-refractivity contribution in [2.45, 2.75) is 39.2 Å². The molecule has 1 saturated carbocycles. The molecule has 104 valence electrons. The maximum Gasteiger partial charge on any atom is 0.234 e. The molecule has 0 aromatic carbocycles. The van der Waals surface area contributed by atoms with Gasteiger partial charge in [-0.15, -0.1) is 0 Å². The molecule has 0 bridgehead atoms. The van der Waals surface area contributed by atoms with Gasteiger partial charge in [0.05, 0.1) is 16.9 Å². The molecule has 3 aliphatic rings. The molecule has 4 heteroatoms. The number of rotatable bonds is 1. The summed E-state index contributed by atoms with van der Waals surface area (Å²) in [6.45, 7) is 4.22. The van der Waals surface area contributed by atoms with Gasteiger partial charge in [0.15, 0.2) is 5.78 Å². The van der Waals surface area contributed by atoms with Crippen molar-refractivity contribution < 1.29 is 9.59 Å². The standard InChI is InChI=1S/C16H18N2O2/c1-16(2)13-6-7-18(11-4-3-5-11)15(20)12(13)8-10(9-17)14(16)19/h6,8,11-12H,3-5,7H2,1-2H3. The van der Waals surface area contributed by atoms with Crippen LogP contribution in [0.25, 0.3) is 0 Å². The number of hydrogen-bond donors (Lipinski definition) is 0. The minimum absolute atomic E-state index is 0.0560. The fraction of sp³-hybridized carbons (Fsp3) is 0.562. The maximum absolute atomic E-state index is 12.7. The zero-order chi connectivity index (χ0) is 14.5. The van der Waals surface area contributed by atoms with E-state index in [0.29, 0.717) is 12.6 Å². The molecule has 1 atom stereocenters. The van der Waals surface area contributed by atoms with E-state index in [9.17, 15) is 9.59 Å². The van der Waals surface area contributed by atoms with Crippen LogP contribution in [0.1, 0.15) is 33.1 Å². The number of allylic oxidation sites excluding steroid dienone is 1. The molecule has 2 aliphatic carbocycles. The first-order valence-electron chi connectivity index (χ1n) is 7.14. The largest absolute Gasteiger partial charge is 0.335 e. The van der Waals surface area contributed by atoms with Gasteiger partial charge < -0.3 is 4.90 Å². The summed E-state index contributed by atoms with van der Waals surface area (Å²) < 4.78 is 0. The summed E-state index contributed by atoms with van der Waals surface area (Å²) in [5.74, 6) is -0.542. The Morgan fingerprint density at radius 2 is 2.05 bits per heavy atom. The number of Topliss-reactive ketones (excluding diaryl/α,β-unsaturated/α-hetero) is 1. The van der Waals surface area contributed by atoms with E-state index in [2.05, 4.69) is 0 Å². The zero-order valence-corrected chi connectivity index (χ0v) is 11.8. The van der Waals surface area contributed by atoms with E-state index in [1.165, 1.54) is 6.42 Å². The van der Waals surface area contributed by atoms with Gasteiger partial charge in [-0.25, -0.2) is 0 Å². The Hall–Kier alpha value is -1.89. The maximum atomic E-state index is 12.7. The molecule has 20 heavy (non-hydrogen) atoms. The van der Waals surface area contributed by atoms with Crippen LogP contribution in [-0.2, 0) is 9.59 Å². The molecule has 4 nitrogen and oxygen atoms in total. The van der Waals surface area contributed by atoms with Gasteiger partial charge in [0.2, 0.25) is 5.91 Å². The highest BCUT2D eigenvalue weighted by atomic mass is 16.2. The molecule has 0 spiro atoms. The van der Waals surface area contributed by atoms with Crippen LogP contribution in [0.15, 0.2) is 23.3 Å². The lowest BCUT2D eigenvalue weighted by molar-refractivity contribution is -0.138. The fourth-order valence-electron chi connectivity index (χ4n) is 3.36. The molecule has 1 fully saturated rings. The van der Waals surface area contributed by atoms with Gasteiger partial charge in [-0.05, 0) is 44.8 Å². The molecule has 0 aromatic rings. The summed E-state index contributed by atoms with van der Waals surface area (Å²) in [4.78, 5) is 26.8. The lowest BCUT2D eigenvalue weighted by Gasteiger charge is -2.45. The van der Waals surface area contributed by atoms with Gasteiger partial charge in [-0.2, -0.15) is 5.26 Å². The van der Waals surface area contributed by atoms with Crippen LogP contribution >= 0.6 is 0 Å². The number of nitrogens with zero attached hydrogens (tertiary/aromatic N) is 2. The van der Waals surface area contributed by atoms with Crippen molar-refractivity contribution >= 4 is 11.7 Å². The SMILES string of the molecule is CC1(C)C(=O)C(C#N)=CC2C(=O)N(C3CCC3)CC=C21. The minimum Gasteiger partial charge on any atom is -0.335 e. The van der Waals surface area contributed by atoms with Crippen molar-refractivity contribution in [2.24, 2.45) is 11.3 Å². The summed E-state index contributed by atoms with van der Waals surface area (Å²) >= 11 is 0. The average Bonchev–Trinajstić information content (AvgIpc) is 2.35. The van der Waals surface area contributed by atoms with Gasteiger partial charge >= 0.3 is 0 Å². The van der Waals surface area contributed by atoms with Crippen LogP contribution in [0, 0.1) is 22.7 Å². The van der Waals surface area contributed by atoms with Gasteiger partial charge in [0.1, 0.15) is 6.07 Å². The topological polar surface area (TPSA) is 61.2 Å². The van der Waals surface area contributed by atoms with E-state index in [1.54, 1.807) is 6.08 Å². The van der Waals surface area contributed by atoms with Crippen molar-refractivity contribution in [3.05, 3.63) is 23.3 Å². The Morgan fingerprint density at radius 1 is 1.35 bits per heavy atom. The monoisotopic (exact) mass is 270 g/mol. The van der Waals surface area contributed by atoms with E-state index in [0.717, 1.165) is 18.4 Å². The lowest BCUT2D eigenvalue weighted by atomic mass is 9.66. The Labute approximate surface area is 118 Å². The Kier molecular flexibility index (Phi) is 2.82. The second-order valence-corrected chi connectivity index (χ2v) is 6.36. The molecule has 0 N–H and O–H groups in total. The van der Waals surface area contributed by atoms with Crippen molar-refractivity contribution in [1.29, 1.82) is 5.26 Å². The second-order valence-electron chi connectivity index (χ2n) is 6.36. The lowest BCUT2D eigenvalue weighted by Crippen LogP contribution is -2.52. The van der Waals surface area contributed by atoms with Crippen molar-refractivity contribution in [2.75, 3.05) is 6.54 Å². The summed E-state index contributed by atoms with van der Waals surface area (Å²) in [7, 11) is 0. The van der Waals surface area contributed by atoms with Crippen LogP contribution in [0.2, 0.25) is 0 Å². The first-order chi connectivity index (χ1) is 9.46. The predicted molar refractivity (Wildman–Crippen MR) is 73.4 cm³/mol. The summed E-state index contributed by atoms with van der Waals surface area (Å²) in [5, 5.41) is 9.12. The second kappa shape index (κ2) is 4.31. The van der Waals surface area contributed by atoms with E-state index in [-0.39, 0.29) is 17.3 Å². The molecule has 1 unspecified atom stereocenters.